The number of alkyl halides is 1. The van der Waals surface area contributed by atoms with Gasteiger partial charge in [0.25, 0.3) is 0 Å². The number of likely N-dealkylation sites (tertiary alicyclic amines) is 1. The van der Waals surface area contributed by atoms with E-state index in [1.807, 2.05) is 0 Å². The van der Waals surface area contributed by atoms with E-state index in [0.717, 1.165) is 43.9 Å². The van der Waals surface area contributed by atoms with Crippen LogP contribution in [0.25, 0.3) is 0 Å². The maximum Gasteiger partial charge on any atom is 0.233 e. The third-order valence-electron chi connectivity index (χ3n) is 3.70. The Bertz CT molecular complexity index is 269. The molecule has 0 radical (unpaired) electrons. The van der Waals surface area contributed by atoms with Crippen LogP contribution >= 0.6 is 15.9 Å². The highest BCUT2D eigenvalue weighted by atomic mass is 79.9. The fourth-order valence-electron chi connectivity index (χ4n) is 2.82. The minimum absolute atomic E-state index is 0.0187. The Morgan fingerprint density at radius 2 is 1.62 bits per heavy atom. The predicted molar refractivity (Wildman–Crippen MR) is 65.2 cm³/mol. The monoisotopic (exact) mass is 287 g/mol. The lowest BCUT2D eigenvalue weighted by molar-refractivity contribution is -0.139. The lowest BCUT2D eigenvalue weighted by Gasteiger charge is -2.19. The summed E-state index contributed by atoms with van der Waals surface area (Å²) in [6.45, 7) is 0.621. The van der Waals surface area contributed by atoms with Crippen molar-refractivity contribution in [3.63, 3.8) is 0 Å². The van der Waals surface area contributed by atoms with Crippen molar-refractivity contribution in [1.82, 2.24) is 4.90 Å². The number of nitrogens with zero attached hydrogens (tertiary/aromatic N) is 1. The number of hydrogen-bond acceptors (Lipinski definition) is 2. The Labute approximate surface area is 105 Å². The van der Waals surface area contributed by atoms with Crippen molar-refractivity contribution in [1.29, 1.82) is 0 Å². The van der Waals surface area contributed by atoms with Crippen LogP contribution in [0, 0.1) is 11.8 Å². The van der Waals surface area contributed by atoms with Crippen molar-refractivity contribution >= 4 is 27.7 Å². The summed E-state index contributed by atoms with van der Waals surface area (Å²) in [5, 5.41) is 0.941. The number of unbranched alkanes of at least 4 members (excludes halogenated alkanes) is 1. The van der Waals surface area contributed by atoms with E-state index >= 15 is 0 Å². The smallest absolute Gasteiger partial charge is 0.233 e. The Morgan fingerprint density at radius 3 is 2.12 bits per heavy atom. The number of fused-ring (bicyclic) bond motifs is 1. The summed E-state index contributed by atoms with van der Waals surface area (Å²) < 4.78 is 0. The molecule has 4 heteroatoms. The van der Waals surface area contributed by atoms with Gasteiger partial charge in [0, 0.05) is 11.9 Å². The number of carbonyl (C=O) groups excluding carboxylic acids is 2. The number of halogens is 1. The van der Waals surface area contributed by atoms with Crippen LogP contribution < -0.4 is 0 Å². The van der Waals surface area contributed by atoms with Crippen molar-refractivity contribution in [2.45, 2.75) is 38.5 Å². The summed E-state index contributed by atoms with van der Waals surface area (Å²) in [6.07, 6.45) is 5.99. The Kier molecular flexibility index (Phi) is 4.00. The third-order valence-corrected chi connectivity index (χ3v) is 4.26. The molecule has 0 aromatic rings. The first-order valence-electron chi connectivity index (χ1n) is 6.17. The van der Waals surface area contributed by atoms with Crippen LogP contribution in [0.4, 0.5) is 0 Å². The topological polar surface area (TPSA) is 37.4 Å². The van der Waals surface area contributed by atoms with Crippen molar-refractivity contribution in [2.24, 2.45) is 11.8 Å². The molecule has 2 aliphatic rings. The maximum absolute atomic E-state index is 12.0. The molecule has 1 saturated heterocycles. The second-order valence-corrected chi connectivity index (χ2v) is 5.51. The molecular formula is C12H18BrNO2. The third kappa shape index (κ3) is 2.17. The number of imide groups is 1. The van der Waals surface area contributed by atoms with Gasteiger partial charge in [0.2, 0.25) is 11.8 Å². The summed E-state index contributed by atoms with van der Waals surface area (Å²) in [5.41, 5.74) is 0. The van der Waals surface area contributed by atoms with Gasteiger partial charge < -0.3 is 0 Å². The first-order chi connectivity index (χ1) is 7.75. The molecule has 2 rings (SSSR count). The van der Waals surface area contributed by atoms with Gasteiger partial charge in [-0.15, -0.1) is 0 Å². The van der Waals surface area contributed by atoms with Crippen LogP contribution in [-0.4, -0.2) is 28.6 Å². The summed E-state index contributed by atoms with van der Waals surface area (Å²) in [6, 6.07) is 0. The lowest BCUT2D eigenvalue weighted by atomic mass is 9.81. The van der Waals surface area contributed by atoms with Crippen LogP contribution in [0.1, 0.15) is 38.5 Å². The van der Waals surface area contributed by atoms with Gasteiger partial charge in [0.1, 0.15) is 0 Å². The fraction of sp³-hybridized carbons (Fsp3) is 0.833. The molecule has 90 valence electrons. The Balaban J connectivity index is 1.98. The Morgan fingerprint density at radius 1 is 1.06 bits per heavy atom. The standard InChI is InChI=1S/C12H18BrNO2/c13-7-3-4-8-14-11(15)9-5-1-2-6-10(9)12(14)16/h9-10H,1-8H2. The molecule has 0 aromatic heterocycles. The molecule has 2 atom stereocenters. The number of amides is 2. The maximum atomic E-state index is 12.0. The quantitative estimate of drug-likeness (QED) is 0.452. The van der Waals surface area contributed by atoms with E-state index in [9.17, 15) is 9.59 Å². The Hall–Kier alpha value is -0.380. The second kappa shape index (κ2) is 5.30. The van der Waals surface area contributed by atoms with Crippen molar-refractivity contribution < 1.29 is 9.59 Å². The molecule has 2 unspecified atom stereocenters. The zero-order chi connectivity index (χ0) is 11.5. The average molecular weight is 288 g/mol. The van der Waals surface area contributed by atoms with Crippen LogP contribution in [0.3, 0.4) is 0 Å². The SMILES string of the molecule is O=C1C2CCCCC2C(=O)N1CCCCBr. The van der Waals surface area contributed by atoms with E-state index in [-0.39, 0.29) is 23.7 Å². The number of carbonyl (C=O) groups is 2. The second-order valence-electron chi connectivity index (χ2n) is 4.72. The van der Waals surface area contributed by atoms with Crippen LogP contribution in [-0.2, 0) is 9.59 Å². The van der Waals surface area contributed by atoms with Gasteiger partial charge in [-0.3, -0.25) is 14.5 Å². The average Bonchev–Trinajstić information content (AvgIpc) is 2.55. The zero-order valence-electron chi connectivity index (χ0n) is 9.45. The van der Waals surface area contributed by atoms with E-state index in [4.69, 9.17) is 0 Å². The molecule has 3 nitrogen and oxygen atoms in total. The normalized spacial score (nSPS) is 29.7. The van der Waals surface area contributed by atoms with Crippen LogP contribution in [0.5, 0.6) is 0 Å². The van der Waals surface area contributed by atoms with Gasteiger partial charge >= 0.3 is 0 Å². The van der Waals surface area contributed by atoms with Gasteiger partial charge in [-0.2, -0.15) is 0 Å². The summed E-state index contributed by atoms with van der Waals surface area (Å²) in [4.78, 5) is 25.6. The molecule has 0 N–H and O–H groups in total. The minimum Gasteiger partial charge on any atom is -0.282 e. The molecule has 0 spiro atoms. The van der Waals surface area contributed by atoms with E-state index in [2.05, 4.69) is 15.9 Å². The largest absolute Gasteiger partial charge is 0.282 e. The van der Waals surface area contributed by atoms with Gasteiger partial charge in [-0.25, -0.2) is 0 Å². The molecule has 0 aromatic carbocycles. The highest BCUT2D eigenvalue weighted by Crippen LogP contribution is 2.37. The first-order valence-corrected chi connectivity index (χ1v) is 7.29. The molecule has 2 fully saturated rings. The van der Waals surface area contributed by atoms with E-state index in [1.54, 1.807) is 0 Å². The predicted octanol–water partition coefficient (Wildman–Crippen LogP) is 2.34. The molecular weight excluding hydrogens is 270 g/mol. The summed E-state index contributed by atoms with van der Waals surface area (Å²) in [5.74, 6) is 0.240. The minimum atomic E-state index is 0.0187. The van der Waals surface area contributed by atoms with Gasteiger partial charge in [-0.1, -0.05) is 28.8 Å². The van der Waals surface area contributed by atoms with E-state index < -0.39 is 0 Å². The molecule has 1 saturated carbocycles. The summed E-state index contributed by atoms with van der Waals surface area (Å²) >= 11 is 3.36. The van der Waals surface area contributed by atoms with E-state index in [1.165, 1.54) is 4.90 Å². The van der Waals surface area contributed by atoms with Crippen LogP contribution in [0.15, 0.2) is 0 Å². The van der Waals surface area contributed by atoms with Crippen molar-refractivity contribution in [3.8, 4) is 0 Å². The number of hydrogen-bond donors (Lipinski definition) is 0. The molecule has 1 aliphatic heterocycles. The molecule has 1 aliphatic carbocycles. The van der Waals surface area contributed by atoms with E-state index in [0.29, 0.717) is 6.54 Å². The van der Waals surface area contributed by atoms with Crippen molar-refractivity contribution in [2.75, 3.05) is 11.9 Å². The zero-order valence-corrected chi connectivity index (χ0v) is 11.0. The highest BCUT2D eigenvalue weighted by molar-refractivity contribution is 9.09. The molecule has 2 amide bonds. The highest BCUT2D eigenvalue weighted by Gasteiger charge is 2.47. The first kappa shape index (κ1) is 12.1. The molecule has 0 bridgehead atoms. The van der Waals surface area contributed by atoms with Crippen molar-refractivity contribution in [3.05, 3.63) is 0 Å². The van der Waals surface area contributed by atoms with Gasteiger partial charge in [0.05, 0.1) is 11.8 Å². The summed E-state index contributed by atoms with van der Waals surface area (Å²) in [7, 11) is 0. The van der Waals surface area contributed by atoms with Gasteiger partial charge in [0.15, 0.2) is 0 Å². The van der Waals surface area contributed by atoms with Gasteiger partial charge in [-0.05, 0) is 25.7 Å². The fourth-order valence-corrected chi connectivity index (χ4v) is 3.21. The van der Waals surface area contributed by atoms with Crippen LogP contribution in [0.2, 0.25) is 0 Å². The lowest BCUT2D eigenvalue weighted by Crippen LogP contribution is -2.32. The number of rotatable bonds is 4. The molecule has 16 heavy (non-hydrogen) atoms. The molecule has 1 heterocycles.